The van der Waals surface area contributed by atoms with Crippen molar-refractivity contribution in [2.75, 3.05) is 20.2 Å². The van der Waals surface area contributed by atoms with Crippen LogP contribution in [0.4, 0.5) is 0 Å². The minimum Gasteiger partial charge on any atom is -0.497 e. The Labute approximate surface area is 149 Å². The van der Waals surface area contributed by atoms with Crippen LogP contribution in [0, 0.1) is 5.41 Å². The van der Waals surface area contributed by atoms with Gasteiger partial charge in [0.1, 0.15) is 5.75 Å². The number of carboxylic acids is 1. The normalized spacial score (nSPS) is 25.6. The molecule has 5 nitrogen and oxygen atoms in total. The number of carboxylic acid groups (broad SMARTS) is 1. The van der Waals surface area contributed by atoms with Crippen molar-refractivity contribution >= 4 is 11.9 Å². The first kappa shape index (κ1) is 17.8. The number of hydrogen-bond acceptors (Lipinski definition) is 3. The fourth-order valence-corrected chi connectivity index (χ4v) is 4.40. The van der Waals surface area contributed by atoms with Crippen LogP contribution in [0.15, 0.2) is 24.3 Å². The van der Waals surface area contributed by atoms with E-state index in [0.717, 1.165) is 43.4 Å². The van der Waals surface area contributed by atoms with Crippen molar-refractivity contribution in [3.8, 4) is 5.75 Å². The van der Waals surface area contributed by atoms with Crippen LogP contribution in [0.3, 0.4) is 0 Å². The van der Waals surface area contributed by atoms with E-state index >= 15 is 0 Å². The molecular weight excluding hydrogens is 318 g/mol. The average Bonchev–Trinajstić information content (AvgIpc) is 3.12. The molecule has 1 aromatic carbocycles. The van der Waals surface area contributed by atoms with Crippen LogP contribution in [-0.2, 0) is 15.0 Å². The van der Waals surface area contributed by atoms with Crippen molar-refractivity contribution in [2.24, 2.45) is 5.41 Å². The molecule has 0 radical (unpaired) electrons. The molecule has 1 unspecified atom stereocenters. The van der Waals surface area contributed by atoms with Gasteiger partial charge >= 0.3 is 5.97 Å². The maximum Gasteiger partial charge on any atom is 0.311 e. The van der Waals surface area contributed by atoms with Gasteiger partial charge in [-0.2, -0.15) is 0 Å². The summed E-state index contributed by atoms with van der Waals surface area (Å²) in [5.74, 6) is 0.0676. The van der Waals surface area contributed by atoms with E-state index in [-0.39, 0.29) is 5.91 Å². The van der Waals surface area contributed by atoms with Gasteiger partial charge in [0.15, 0.2) is 0 Å². The van der Waals surface area contributed by atoms with Crippen molar-refractivity contribution in [1.82, 2.24) is 4.90 Å². The number of aliphatic carboxylic acids is 1. The average molecular weight is 345 g/mol. The van der Waals surface area contributed by atoms with Crippen molar-refractivity contribution in [1.29, 1.82) is 0 Å². The molecule has 1 aliphatic heterocycles. The summed E-state index contributed by atoms with van der Waals surface area (Å²) in [6.45, 7) is 2.71. The standard InChI is InChI=1S/C20H27NO4/c1-19(18(23)24)10-5-13-21(14-19)17(22)20(11-3-4-12-20)15-6-8-16(25-2)9-7-15/h6-9H,3-5,10-14H2,1-2H3,(H,23,24). The molecule has 1 aliphatic carbocycles. The summed E-state index contributed by atoms with van der Waals surface area (Å²) in [4.78, 5) is 26.9. The van der Waals surface area contributed by atoms with E-state index < -0.39 is 16.8 Å². The lowest BCUT2D eigenvalue weighted by Gasteiger charge is -2.42. The van der Waals surface area contributed by atoms with E-state index in [9.17, 15) is 14.7 Å². The number of ether oxygens (including phenoxy) is 1. The van der Waals surface area contributed by atoms with Crippen molar-refractivity contribution < 1.29 is 19.4 Å². The van der Waals surface area contributed by atoms with Crippen LogP contribution in [0.25, 0.3) is 0 Å². The van der Waals surface area contributed by atoms with Crippen molar-refractivity contribution in [3.05, 3.63) is 29.8 Å². The highest BCUT2D eigenvalue weighted by Crippen LogP contribution is 2.44. The molecule has 5 heteroatoms. The quantitative estimate of drug-likeness (QED) is 0.910. The Balaban J connectivity index is 1.89. The van der Waals surface area contributed by atoms with Crippen LogP contribution in [0.1, 0.15) is 51.0 Å². The number of amides is 1. The molecule has 1 aromatic rings. The van der Waals surface area contributed by atoms with Crippen LogP contribution in [-0.4, -0.2) is 42.1 Å². The van der Waals surface area contributed by atoms with Gasteiger partial charge in [-0.3, -0.25) is 9.59 Å². The second-order valence-electron chi connectivity index (χ2n) is 7.71. The summed E-state index contributed by atoms with van der Waals surface area (Å²) < 4.78 is 5.23. The number of benzene rings is 1. The Morgan fingerprint density at radius 1 is 1.08 bits per heavy atom. The monoisotopic (exact) mass is 345 g/mol. The SMILES string of the molecule is COc1ccc(C2(C(=O)N3CCCC(C)(C(=O)O)C3)CCCC2)cc1. The third-order valence-electron chi connectivity index (χ3n) is 6.01. The highest BCUT2D eigenvalue weighted by Gasteiger charge is 2.48. The van der Waals surface area contributed by atoms with E-state index in [1.165, 1.54) is 0 Å². The van der Waals surface area contributed by atoms with Gasteiger partial charge < -0.3 is 14.7 Å². The third-order valence-corrected chi connectivity index (χ3v) is 6.01. The summed E-state index contributed by atoms with van der Waals surface area (Å²) in [6.07, 6.45) is 5.09. The van der Waals surface area contributed by atoms with Crippen LogP contribution >= 0.6 is 0 Å². The predicted octanol–water partition coefficient (Wildman–Crippen LogP) is 3.22. The van der Waals surface area contributed by atoms with Gasteiger partial charge in [0.05, 0.1) is 17.9 Å². The molecule has 1 N–H and O–H groups in total. The van der Waals surface area contributed by atoms with Gasteiger partial charge in [-0.15, -0.1) is 0 Å². The highest BCUT2D eigenvalue weighted by molar-refractivity contribution is 5.89. The van der Waals surface area contributed by atoms with Crippen molar-refractivity contribution in [2.45, 2.75) is 50.9 Å². The molecule has 25 heavy (non-hydrogen) atoms. The Morgan fingerprint density at radius 3 is 2.28 bits per heavy atom. The fourth-order valence-electron chi connectivity index (χ4n) is 4.40. The van der Waals surface area contributed by atoms with E-state index in [1.807, 2.05) is 24.3 Å². The Hall–Kier alpha value is -2.04. The van der Waals surface area contributed by atoms with E-state index in [1.54, 1.807) is 18.9 Å². The van der Waals surface area contributed by atoms with Crippen LogP contribution < -0.4 is 4.74 Å². The lowest BCUT2D eigenvalue weighted by atomic mass is 9.75. The first-order valence-corrected chi connectivity index (χ1v) is 9.09. The molecule has 1 atom stereocenters. The lowest BCUT2D eigenvalue weighted by Crippen LogP contribution is -2.53. The first-order chi connectivity index (χ1) is 11.9. The number of rotatable bonds is 4. The number of piperidine rings is 1. The summed E-state index contributed by atoms with van der Waals surface area (Å²) >= 11 is 0. The van der Waals surface area contributed by atoms with Crippen LogP contribution in [0.5, 0.6) is 5.75 Å². The number of likely N-dealkylation sites (tertiary alicyclic amines) is 1. The second kappa shape index (κ2) is 6.70. The zero-order chi connectivity index (χ0) is 18.1. The molecule has 2 fully saturated rings. The molecule has 136 valence electrons. The number of carbonyl (C=O) groups excluding carboxylic acids is 1. The Bertz CT molecular complexity index is 648. The van der Waals surface area contributed by atoms with E-state index in [0.29, 0.717) is 19.5 Å². The highest BCUT2D eigenvalue weighted by atomic mass is 16.5. The third kappa shape index (κ3) is 3.12. The summed E-state index contributed by atoms with van der Waals surface area (Å²) in [5.41, 5.74) is -0.324. The van der Waals surface area contributed by atoms with Gasteiger partial charge in [0.2, 0.25) is 5.91 Å². The maximum absolute atomic E-state index is 13.5. The summed E-state index contributed by atoms with van der Waals surface area (Å²) in [6, 6.07) is 7.78. The fraction of sp³-hybridized carbons (Fsp3) is 0.600. The molecule has 0 aromatic heterocycles. The van der Waals surface area contributed by atoms with Gasteiger partial charge in [0, 0.05) is 13.1 Å². The summed E-state index contributed by atoms with van der Waals surface area (Å²) in [5, 5.41) is 9.55. The van der Waals surface area contributed by atoms with E-state index in [4.69, 9.17) is 4.74 Å². The smallest absolute Gasteiger partial charge is 0.311 e. The predicted molar refractivity (Wildman–Crippen MR) is 94.7 cm³/mol. The minimum absolute atomic E-state index is 0.0994. The zero-order valence-corrected chi connectivity index (χ0v) is 15.1. The number of hydrogen-bond donors (Lipinski definition) is 1. The Kier molecular flexibility index (Phi) is 4.76. The maximum atomic E-state index is 13.5. The molecule has 1 saturated heterocycles. The second-order valence-corrected chi connectivity index (χ2v) is 7.71. The molecule has 3 rings (SSSR count). The number of carbonyl (C=O) groups is 2. The zero-order valence-electron chi connectivity index (χ0n) is 15.1. The van der Waals surface area contributed by atoms with Gasteiger partial charge in [-0.05, 0) is 50.3 Å². The van der Waals surface area contributed by atoms with Gasteiger partial charge in [-0.1, -0.05) is 25.0 Å². The van der Waals surface area contributed by atoms with Gasteiger partial charge in [0.25, 0.3) is 0 Å². The summed E-state index contributed by atoms with van der Waals surface area (Å²) in [7, 11) is 1.63. The molecule has 1 amide bonds. The number of methoxy groups -OCH3 is 1. The minimum atomic E-state index is -0.840. The molecule has 1 saturated carbocycles. The molecule has 2 aliphatic rings. The number of nitrogens with zero attached hydrogens (tertiary/aromatic N) is 1. The van der Waals surface area contributed by atoms with Crippen LogP contribution in [0.2, 0.25) is 0 Å². The largest absolute Gasteiger partial charge is 0.497 e. The molecule has 0 bridgehead atoms. The molecule has 0 spiro atoms. The van der Waals surface area contributed by atoms with Crippen molar-refractivity contribution in [3.63, 3.8) is 0 Å². The molecular formula is C20H27NO4. The Morgan fingerprint density at radius 2 is 1.72 bits per heavy atom. The first-order valence-electron chi connectivity index (χ1n) is 9.09. The lowest BCUT2D eigenvalue weighted by molar-refractivity contribution is -0.155. The van der Waals surface area contributed by atoms with E-state index in [2.05, 4.69) is 0 Å². The topological polar surface area (TPSA) is 66.8 Å². The molecule has 1 heterocycles. The van der Waals surface area contributed by atoms with Gasteiger partial charge in [-0.25, -0.2) is 0 Å².